The van der Waals surface area contributed by atoms with Crippen LogP contribution in [0.25, 0.3) is 0 Å². The van der Waals surface area contributed by atoms with Crippen molar-refractivity contribution in [3.63, 3.8) is 0 Å². The fourth-order valence-corrected chi connectivity index (χ4v) is 3.57. The molecular formula is C13H18N4O2. The predicted octanol–water partition coefficient (Wildman–Crippen LogP) is 1.01. The van der Waals surface area contributed by atoms with E-state index in [2.05, 4.69) is 20.8 Å². The van der Waals surface area contributed by atoms with Crippen LogP contribution in [-0.2, 0) is 0 Å². The lowest BCUT2D eigenvalue weighted by Gasteiger charge is -2.30. The predicted molar refractivity (Wildman–Crippen MR) is 69.4 cm³/mol. The molecule has 0 saturated heterocycles. The van der Waals surface area contributed by atoms with Gasteiger partial charge in [-0.15, -0.1) is 5.10 Å². The van der Waals surface area contributed by atoms with Crippen LogP contribution in [0.1, 0.15) is 19.3 Å². The SMILES string of the molecule is O=C(Nc1cccnn1)NC1C2CCC(C2)C1CO. The van der Waals surface area contributed by atoms with Crippen LogP contribution in [0.5, 0.6) is 0 Å². The van der Waals surface area contributed by atoms with Gasteiger partial charge in [-0.3, -0.25) is 5.32 Å². The van der Waals surface area contributed by atoms with Crippen molar-refractivity contribution in [1.82, 2.24) is 15.5 Å². The van der Waals surface area contributed by atoms with E-state index in [4.69, 9.17) is 0 Å². The number of carbonyl (C=O) groups is 1. The third-order valence-corrected chi connectivity index (χ3v) is 4.41. The van der Waals surface area contributed by atoms with Crippen molar-refractivity contribution in [3.05, 3.63) is 18.3 Å². The lowest BCUT2D eigenvalue weighted by atomic mass is 9.85. The van der Waals surface area contributed by atoms with Gasteiger partial charge in [0.25, 0.3) is 0 Å². The molecule has 0 spiro atoms. The Morgan fingerprint density at radius 3 is 3.00 bits per heavy atom. The summed E-state index contributed by atoms with van der Waals surface area (Å²) in [7, 11) is 0. The van der Waals surface area contributed by atoms with Gasteiger partial charge in [0.05, 0.1) is 0 Å². The van der Waals surface area contributed by atoms with Crippen molar-refractivity contribution in [2.45, 2.75) is 25.3 Å². The molecule has 102 valence electrons. The summed E-state index contributed by atoms with van der Waals surface area (Å²) in [6.07, 6.45) is 5.01. The number of carbonyl (C=O) groups excluding carboxylic acids is 1. The number of amides is 2. The first-order valence-corrected chi connectivity index (χ1v) is 6.74. The number of nitrogens with zero attached hydrogens (tertiary/aromatic N) is 2. The van der Waals surface area contributed by atoms with Crippen molar-refractivity contribution in [2.75, 3.05) is 11.9 Å². The molecule has 1 aromatic heterocycles. The van der Waals surface area contributed by atoms with E-state index in [1.165, 1.54) is 6.42 Å². The number of aliphatic hydroxyl groups is 1. The van der Waals surface area contributed by atoms with Crippen molar-refractivity contribution in [3.8, 4) is 0 Å². The Hall–Kier alpha value is -1.69. The summed E-state index contributed by atoms with van der Waals surface area (Å²) in [4.78, 5) is 11.9. The third-order valence-electron chi connectivity index (χ3n) is 4.41. The van der Waals surface area contributed by atoms with Gasteiger partial charge in [0.2, 0.25) is 0 Å². The zero-order chi connectivity index (χ0) is 13.2. The zero-order valence-corrected chi connectivity index (χ0v) is 10.6. The monoisotopic (exact) mass is 262 g/mol. The molecule has 6 heteroatoms. The highest BCUT2D eigenvalue weighted by Crippen LogP contribution is 2.48. The maximum Gasteiger partial charge on any atom is 0.320 e. The van der Waals surface area contributed by atoms with Crippen LogP contribution >= 0.6 is 0 Å². The summed E-state index contributed by atoms with van der Waals surface area (Å²) in [5, 5.41) is 22.6. The van der Waals surface area contributed by atoms with Crippen LogP contribution in [0.4, 0.5) is 10.6 Å². The molecule has 3 rings (SSSR count). The molecule has 0 aromatic carbocycles. The van der Waals surface area contributed by atoms with Crippen molar-refractivity contribution in [2.24, 2.45) is 17.8 Å². The minimum Gasteiger partial charge on any atom is -0.396 e. The summed E-state index contributed by atoms with van der Waals surface area (Å²) in [6.45, 7) is 0.150. The Bertz CT molecular complexity index is 453. The Morgan fingerprint density at radius 2 is 2.26 bits per heavy atom. The Labute approximate surface area is 111 Å². The minimum atomic E-state index is -0.267. The van der Waals surface area contributed by atoms with Gasteiger partial charge in [-0.1, -0.05) is 0 Å². The molecule has 1 aromatic rings. The molecular weight excluding hydrogens is 244 g/mol. The molecule has 0 aliphatic heterocycles. The van der Waals surface area contributed by atoms with Gasteiger partial charge < -0.3 is 10.4 Å². The maximum atomic E-state index is 11.9. The van der Waals surface area contributed by atoms with Crippen molar-refractivity contribution >= 4 is 11.8 Å². The van der Waals surface area contributed by atoms with Crippen LogP contribution in [-0.4, -0.2) is 34.0 Å². The molecule has 19 heavy (non-hydrogen) atoms. The fraction of sp³-hybridized carbons (Fsp3) is 0.615. The highest BCUT2D eigenvalue weighted by atomic mass is 16.3. The Balaban J connectivity index is 1.60. The van der Waals surface area contributed by atoms with E-state index in [1.807, 2.05) is 0 Å². The van der Waals surface area contributed by atoms with E-state index in [1.54, 1.807) is 18.3 Å². The van der Waals surface area contributed by atoms with Gasteiger partial charge in [0.15, 0.2) is 5.82 Å². The summed E-state index contributed by atoms with van der Waals surface area (Å²) < 4.78 is 0. The molecule has 4 atom stereocenters. The van der Waals surface area contributed by atoms with Crippen LogP contribution in [0.15, 0.2) is 18.3 Å². The van der Waals surface area contributed by atoms with Crippen LogP contribution in [0.3, 0.4) is 0 Å². The summed E-state index contributed by atoms with van der Waals surface area (Å²) in [6, 6.07) is 3.23. The number of hydrogen-bond acceptors (Lipinski definition) is 4. The first-order chi connectivity index (χ1) is 9.28. The standard InChI is InChI=1S/C13H18N4O2/c18-7-10-8-3-4-9(6-8)12(10)16-13(19)15-11-2-1-5-14-17-11/h1-2,5,8-10,12,18H,3-4,6-7H2,(H2,15,16,17,19). The third kappa shape index (κ3) is 2.40. The summed E-state index contributed by atoms with van der Waals surface area (Å²) in [5.74, 6) is 1.71. The van der Waals surface area contributed by atoms with Crippen molar-refractivity contribution < 1.29 is 9.90 Å². The molecule has 2 aliphatic carbocycles. The van der Waals surface area contributed by atoms with Crippen LogP contribution < -0.4 is 10.6 Å². The smallest absolute Gasteiger partial charge is 0.320 e. The second kappa shape index (κ2) is 5.13. The highest BCUT2D eigenvalue weighted by molar-refractivity contribution is 5.88. The molecule has 3 N–H and O–H groups in total. The van der Waals surface area contributed by atoms with Gasteiger partial charge in [-0.05, 0) is 43.2 Å². The number of aliphatic hydroxyl groups excluding tert-OH is 1. The lowest BCUT2D eigenvalue weighted by Crippen LogP contribution is -2.46. The van der Waals surface area contributed by atoms with E-state index in [0.717, 1.165) is 12.8 Å². The highest BCUT2D eigenvalue weighted by Gasteiger charge is 2.47. The molecule has 2 aliphatic rings. The van der Waals surface area contributed by atoms with Gasteiger partial charge in [0.1, 0.15) is 0 Å². The molecule has 6 nitrogen and oxygen atoms in total. The molecule has 1 heterocycles. The van der Waals surface area contributed by atoms with Gasteiger partial charge in [-0.25, -0.2) is 4.79 Å². The Kier molecular flexibility index (Phi) is 3.33. The van der Waals surface area contributed by atoms with E-state index in [0.29, 0.717) is 17.7 Å². The normalized spacial score (nSPS) is 32.3. The number of anilines is 1. The van der Waals surface area contributed by atoms with Crippen LogP contribution in [0, 0.1) is 17.8 Å². The average Bonchev–Trinajstić information content (AvgIpc) is 3.00. The Morgan fingerprint density at radius 1 is 1.42 bits per heavy atom. The van der Waals surface area contributed by atoms with E-state index in [-0.39, 0.29) is 24.6 Å². The largest absolute Gasteiger partial charge is 0.396 e. The summed E-state index contributed by atoms with van der Waals surface area (Å²) >= 11 is 0. The first kappa shape index (κ1) is 12.3. The number of nitrogens with one attached hydrogen (secondary N) is 2. The van der Waals surface area contributed by atoms with E-state index < -0.39 is 0 Å². The molecule has 2 saturated carbocycles. The van der Waals surface area contributed by atoms with E-state index in [9.17, 15) is 9.90 Å². The maximum absolute atomic E-state index is 11.9. The van der Waals surface area contributed by atoms with Gasteiger partial charge in [0, 0.05) is 24.8 Å². The molecule has 2 bridgehead atoms. The second-order valence-electron chi connectivity index (χ2n) is 5.41. The molecule has 0 radical (unpaired) electrons. The zero-order valence-electron chi connectivity index (χ0n) is 10.6. The quantitative estimate of drug-likeness (QED) is 0.758. The number of rotatable bonds is 3. The minimum absolute atomic E-state index is 0.0837. The van der Waals surface area contributed by atoms with E-state index >= 15 is 0 Å². The lowest BCUT2D eigenvalue weighted by molar-refractivity contribution is 0.146. The first-order valence-electron chi connectivity index (χ1n) is 6.74. The topological polar surface area (TPSA) is 87.1 Å². The van der Waals surface area contributed by atoms with Crippen LogP contribution in [0.2, 0.25) is 0 Å². The number of fused-ring (bicyclic) bond motifs is 2. The second-order valence-corrected chi connectivity index (χ2v) is 5.41. The molecule has 2 fully saturated rings. The fourth-order valence-electron chi connectivity index (χ4n) is 3.57. The van der Waals surface area contributed by atoms with Gasteiger partial charge >= 0.3 is 6.03 Å². The van der Waals surface area contributed by atoms with Gasteiger partial charge in [-0.2, -0.15) is 5.10 Å². The summed E-state index contributed by atoms with van der Waals surface area (Å²) in [5.41, 5.74) is 0. The average molecular weight is 262 g/mol. The van der Waals surface area contributed by atoms with Crippen molar-refractivity contribution in [1.29, 1.82) is 0 Å². The molecule has 2 amide bonds. The number of hydrogen-bond donors (Lipinski definition) is 3. The number of aromatic nitrogens is 2. The number of urea groups is 1. The molecule has 4 unspecified atom stereocenters.